The van der Waals surface area contributed by atoms with Gasteiger partial charge in [-0.1, -0.05) is 115 Å². The van der Waals surface area contributed by atoms with Gasteiger partial charge in [-0.3, -0.25) is 0 Å². The molecule has 2 heterocycles. The Kier molecular flexibility index (Phi) is 6.78. The van der Waals surface area contributed by atoms with Crippen LogP contribution in [0.25, 0.3) is 71.9 Å². The SMILES string of the molecule is c1ccc(-c2ccccc2N(c2ccc(-c3nc4ccc5ccccc5c4o3)cc2)c2ccc(-n3c4ccccc4c4ccccc43)cc2)cc1. The van der Waals surface area contributed by atoms with E-state index in [-0.39, 0.29) is 0 Å². The van der Waals surface area contributed by atoms with Gasteiger partial charge in [0.1, 0.15) is 5.52 Å². The first-order chi connectivity index (χ1) is 25.3. The molecule has 0 atom stereocenters. The fourth-order valence-corrected chi connectivity index (χ4v) is 7.44. The van der Waals surface area contributed by atoms with Crippen molar-refractivity contribution in [1.29, 1.82) is 0 Å². The number of fused-ring (bicyclic) bond motifs is 6. The van der Waals surface area contributed by atoms with E-state index >= 15 is 0 Å². The van der Waals surface area contributed by atoms with Crippen LogP contribution in [0.1, 0.15) is 0 Å². The van der Waals surface area contributed by atoms with Crippen LogP contribution in [0, 0.1) is 0 Å². The van der Waals surface area contributed by atoms with Gasteiger partial charge in [0.05, 0.1) is 16.7 Å². The quantitative estimate of drug-likeness (QED) is 0.179. The average molecular weight is 654 g/mol. The average Bonchev–Trinajstić information content (AvgIpc) is 3.80. The van der Waals surface area contributed by atoms with Crippen molar-refractivity contribution in [2.45, 2.75) is 0 Å². The van der Waals surface area contributed by atoms with Crippen LogP contribution in [0.3, 0.4) is 0 Å². The van der Waals surface area contributed by atoms with Gasteiger partial charge in [0.25, 0.3) is 0 Å². The second kappa shape index (κ2) is 11.9. The Bertz CT molecular complexity index is 2800. The van der Waals surface area contributed by atoms with E-state index in [1.165, 1.54) is 21.8 Å². The molecule has 0 aliphatic heterocycles. The third-order valence-corrected chi connectivity index (χ3v) is 9.83. The maximum Gasteiger partial charge on any atom is 0.227 e. The maximum atomic E-state index is 6.40. The minimum absolute atomic E-state index is 0.611. The molecule has 2 aromatic heterocycles. The van der Waals surface area contributed by atoms with E-state index in [4.69, 9.17) is 9.40 Å². The van der Waals surface area contributed by atoms with E-state index in [0.29, 0.717) is 5.89 Å². The zero-order valence-corrected chi connectivity index (χ0v) is 27.6. The Morgan fingerprint density at radius 1 is 0.451 bits per heavy atom. The fraction of sp³-hybridized carbons (Fsp3) is 0. The smallest absolute Gasteiger partial charge is 0.227 e. The Morgan fingerprint density at radius 3 is 1.76 bits per heavy atom. The second-order valence-corrected chi connectivity index (χ2v) is 12.8. The number of hydrogen-bond donors (Lipinski definition) is 0. The molecule has 0 spiro atoms. The largest absolute Gasteiger partial charge is 0.435 e. The lowest BCUT2D eigenvalue weighted by Gasteiger charge is -2.28. The van der Waals surface area contributed by atoms with Crippen LogP contribution in [-0.2, 0) is 0 Å². The molecule has 51 heavy (non-hydrogen) atoms. The van der Waals surface area contributed by atoms with E-state index in [0.717, 1.165) is 61.3 Å². The minimum atomic E-state index is 0.611. The van der Waals surface area contributed by atoms with Crippen molar-refractivity contribution in [3.8, 4) is 28.3 Å². The molecule has 0 aliphatic carbocycles. The molecule has 0 bridgehead atoms. The van der Waals surface area contributed by atoms with Gasteiger partial charge >= 0.3 is 0 Å². The number of benzene rings is 8. The highest BCUT2D eigenvalue weighted by Crippen LogP contribution is 2.42. The van der Waals surface area contributed by atoms with Crippen LogP contribution >= 0.6 is 0 Å². The summed E-state index contributed by atoms with van der Waals surface area (Å²) in [6, 6.07) is 66.3. The highest BCUT2D eigenvalue weighted by Gasteiger charge is 2.19. The van der Waals surface area contributed by atoms with Crippen LogP contribution < -0.4 is 4.90 Å². The first kappa shape index (κ1) is 29.0. The molecule has 10 rings (SSSR count). The summed E-state index contributed by atoms with van der Waals surface area (Å²) < 4.78 is 8.75. The maximum absolute atomic E-state index is 6.40. The lowest BCUT2D eigenvalue weighted by molar-refractivity contribution is 0.623. The topological polar surface area (TPSA) is 34.2 Å². The number of aromatic nitrogens is 2. The molecule has 0 radical (unpaired) electrons. The lowest BCUT2D eigenvalue weighted by Crippen LogP contribution is -2.11. The molecule has 240 valence electrons. The summed E-state index contributed by atoms with van der Waals surface area (Å²) in [7, 11) is 0. The Morgan fingerprint density at radius 2 is 1.04 bits per heavy atom. The standard InChI is InChI=1S/C47H31N3O/c1-2-12-32(13-3-1)38-15-6-9-19-43(38)49(35-25-22-34(23-26-35)47-48-42-31-24-33-14-4-5-16-39(33)46(42)51-47)36-27-29-37(30-28-36)50-44-20-10-7-17-40(44)41-18-8-11-21-45(41)50/h1-31H. The first-order valence-corrected chi connectivity index (χ1v) is 17.2. The lowest BCUT2D eigenvalue weighted by atomic mass is 10.0. The van der Waals surface area contributed by atoms with Crippen molar-refractivity contribution in [2.75, 3.05) is 4.90 Å². The van der Waals surface area contributed by atoms with Gasteiger partial charge in [-0.15, -0.1) is 0 Å². The zero-order chi connectivity index (χ0) is 33.7. The van der Waals surface area contributed by atoms with Gasteiger partial charge in [0, 0.05) is 44.3 Å². The number of nitrogens with zero attached hydrogens (tertiary/aromatic N) is 3. The Labute approximate surface area is 295 Å². The second-order valence-electron chi connectivity index (χ2n) is 12.8. The third-order valence-electron chi connectivity index (χ3n) is 9.83. The predicted octanol–water partition coefficient (Wildman–Crippen LogP) is 12.9. The van der Waals surface area contributed by atoms with Crippen LogP contribution in [0.15, 0.2) is 192 Å². The third kappa shape index (κ3) is 4.88. The molecular formula is C47H31N3O. The van der Waals surface area contributed by atoms with Gasteiger partial charge in [-0.05, 0) is 83.7 Å². The summed E-state index contributed by atoms with van der Waals surface area (Å²) in [5.74, 6) is 0.611. The van der Waals surface area contributed by atoms with E-state index in [1.54, 1.807) is 0 Å². The molecule has 0 unspecified atom stereocenters. The molecule has 8 aromatic carbocycles. The molecule has 4 heteroatoms. The van der Waals surface area contributed by atoms with E-state index in [9.17, 15) is 0 Å². The highest BCUT2D eigenvalue weighted by molar-refractivity contribution is 6.09. The summed E-state index contributed by atoms with van der Waals surface area (Å²) in [4.78, 5) is 7.21. The van der Waals surface area contributed by atoms with Gasteiger partial charge < -0.3 is 13.9 Å². The number of oxazole rings is 1. The highest BCUT2D eigenvalue weighted by atomic mass is 16.3. The Hall–Kier alpha value is -6.91. The number of rotatable bonds is 6. The van der Waals surface area contributed by atoms with Crippen molar-refractivity contribution in [1.82, 2.24) is 9.55 Å². The molecular weight excluding hydrogens is 623 g/mol. The molecule has 4 nitrogen and oxygen atoms in total. The minimum Gasteiger partial charge on any atom is -0.435 e. The van der Waals surface area contributed by atoms with Crippen molar-refractivity contribution in [3.63, 3.8) is 0 Å². The molecule has 0 saturated heterocycles. The number of anilines is 3. The van der Waals surface area contributed by atoms with Crippen molar-refractivity contribution in [2.24, 2.45) is 0 Å². The number of para-hydroxylation sites is 3. The van der Waals surface area contributed by atoms with E-state index in [1.807, 2.05) is 18.2 Å². The summed E-state index contributed by atoms with van der Waals surface area (Å²) in [6.07, 6.45) is 0. The monoisotopic (exact) mass is 653 g/mol. The molecule has 10 aromatic rings. The van der Waals surface area contributed by atoms with Crippen molar-refractivity contribution in [3.05, 3.63) is 188 Å². The van der Waals surface area contributed by atoms with Gasteiger partial charge in [0.15, 0.2) is 5.58 Å². The zero-order valence-electron chi connectivity index (χ0n) is 27.6. The van der Waals surface area contributed by atoms with Gasteiger partial charge in [-0.25, -0.2) is 4.98 Å². The van der Waals surface area contributed by atoms with Crippen LogP contribution in [0.5, 0.6) is 0 Å². The normalized spacial score (nSPS) is 11.5. The Balaban J connectivity index is 1.10. The summed E-state index contributed by atoms with van der Waals surface area (Å²) >= 11 is 0. The van der Waals surface area contributed by atoms with Crippen LogP contribution in [0.2, 0.25) is 0 Å². The summed E-state index contributed by atoms with van der Waals surface area (Å²) in [6.45, 7) is 0. The van der Waals surface area contributed by atoms with Gasteiger partial charge in [-0.2, -0.15) is 0 Å². The van der Waals surface area contributed by atoms with Crippen LogP contribution in [0.4, 0.5) is 17.1 Å². The van der Waals surface area contributed by atoms with Gasteiger partial charge in [0.2, 0.25) is 5.89 Å². The molecule has 0 saturated carbocycles. The summed E-state index contributed by atoms with van der Waals surface area (Å²) in [5, 5.41) is 4.71. The fourth-order valence-electron chi connectivity index (χ4n) is 7.44. The number of hydrogen-bond acceptors (Lipinski definition) is 3. The van der Waals surface area contributed by atoms with Crippen molar-refractivity contribution < 1.29 is 4.42 Å². The van der Waals surface area contributed by atoms with Crippen LogP contribution in [-0.4, -0.2) is 9.55 Å². The summed E-state index contributed by atoms with van der Waals surface area (Å²) in [5.41, 5.74) is 11.6. The van der Waals surface area contributed by atoms with Crippen molar-refractivity contribution >= 4 is 60.7 Å². The molecule has 0 N–H and O–H groups in total. The molecule has 0 fully saturated rings. The van der Waals surface area contributed by atoms with E-state index < -0.39 is 0 Å². The molecule has 0 amide bonds. The molecule has 0 aliphatic rings. The first-order valence-electron chi connectivity index (χ1n) is 17.2. The van der Waals surface area contributed by atoms with E-state index in [2.05, 4.69) is 179 Å². The predicted molar refractivity (Wildman–Crippen MR) is 211 cm³/mol.